The van der Waals surface area contributed by atoms with Crippen LogP contribution >= 0.6 is 0 Å². The van der Waals surface area contributed by atoms with Gasteiger partial charge in [0.15, 0.2) is 0 Å². The summed E-state index contributed by atoms with van der Waals surface area (Å²) in [7, 11) is 0. The van der Waals surface area contributed by atoms with Gasteiger partial charge in [0.2, 0.25) is 0 Å². The highest BCUT2D eigenvalue weighted by Crippen LogP contribution is 2.70. The average molecular weight is 526 g/mol. The van der Waals surface area contributed by atoms with E-state index in [1.54, 1.807) is 18.2 Å². The summed E-state index contributed by atoms with van der Waals surface area (Å²) in [4.78, 5) is 16.7. The van der Waals surface area contributed by atoms with E-state index in [0.29, 0.717) is 58.1 Å². The van der Waals surface area contributed by atoms with Crippen molar-refractivity contribution in [2.24, 2.45) is 33.6 Å². The molecule has 4 aliphatic carbocycles. The lowest BCUT2D eigenvalue weighted by Crippen LogP contribution is -2.68. The first-order valence-corrected chi connectivity index (χ1v) is 14.4. The van der Waals surface area contributed by atoms with Crippen LogP contribution in [-0.4, -0.2) is 58.0 Å². The minimum absolute atomic E-state index is 0.0175. The number of nitrogens with zero attached hydrogens (tertiary/aromatic N) is 1. The second-order valence-corrected chi connectivity index (χ2v) is 12.9. The normalized spacial score (nSPS) is 44.3. The predicted octanol–water partition coefficient (Wildman–Crippen LogP) is 4.15. The summed E-state index contributed by atoms with van der Waals surface area (Å²) in [6.45, 7) is 3.06. The summed E-state index contributed by atoms with van der Waals surface area (Å²) in [5, 5.41) is 35.1. The maximum Gasteiger partial charge on any atom is 0.331 e. The number of ether oxygens (including phenoxy) is 1. The molecule has 8 atom stereocenters. The largest absolute Gasteiger partial charge is 0.458 e. The van der Waals surface area contributed by atoms with Crippen molar-refractivity contribution in [3.05, 3.63) is 47.3 Å². The number of esters is 1. The van der Waals surface area contributed by atoms with Gasteiger partial charge in [-0.25, -0.2) is 9.18 Å². The third kappa shape index (κ3) is 3.83. The van der Waals surface area contributed by atoms with Gasteiger partial charge in [-0.1, -0.05) is 19.1 Å². The van der Waals surface area contributed by atoms with Gasteiger partial charge < -0.3 is 20.1 Å². The first-order chi connectivity index (χ1) is 18.1. The Bertz CT molecular complexity index is 1150. The van der Waals surface area contributed by atoms with Gasteiger partial charge in [0, 0.05) is 36.1 Å². The Kier molecular flexibility index (Phi) is 6.36. The molecule has 1 aliphatic heterocycles. The second-order valence-electron chi connectivity index (χ2n) is 12.9. The molecule has 206 valence electrons. The fourth-order valence-electron chi connectivity index (χ4n) is 9.43. The SMILES string of the molecule is C[C@]12CC[C@@H]3[C@@H](CC[C@@]4(O)C[C@@H](O)CC[C@]34C=NCCc3ccc(F)cc3)[C@@]1(O)CC[C@@H]2C1=CC(=O)OC1. The number of carbonyl (C=O) groups is 1. The fourth-order valence-corrected chi connectivity index (χ4v) is 9.43. The lowest BCUT2D eigenvalue weighted by Gasteiger charge is -2.65. The van der Waals surface area contributed by atoms with E-state index in [-0.39, 0.29) is 35.0 Å². The van der Waals surface area contributed by atoms with Gasteiger partial charge in [0.05, 0.1) is 17.3 Å². The van der Waals surface area contributed by atoms with Gasteiger partial charge in [0.1, 0.15) is 12.4 Å². The molecule has 4 fully saturated rings. The highest BCUT2D eigenvalue weighted by Gasteiger charge is 2.71. The summed E-state index contributed by atoms with van der Waals surface area (Å²) < 4.78 is 18.5. The standard InChI is InChI=1S/C31H40FNO5/c1-28-11-7-25-26(31(28,37)14-9-24(28)21-16-27(35)38-18-21)8-13-30(36)17-23(34)6-12-29(25,30)19-33-15-10-20-2-4-22(32)5-3-20/h2-5,16,19,23-26,34,36-37H,6-15,17-18H2,1H3/t23-,24+,25+,26+,28+,29-,30+,31-/m0/s1. The molecule has 0 spiro atoms. The number of aliphatic imine (C=N–C) groups is 1. The molecule has 0 unspecified atom stereocenters. The van der Waals surface area contributed by atoms with Crippen molar-refractivity contribution in [2.75, 3.05) is 13.2 Å². The quantitative estimate of drug-likeness (QED) is 0.396. The summed E-state index contributed by atoms with van der Waals surface area (Å²) in [5.41, 5.74) is -0.865. The van der Waals surface area contributed by atoms with E-state index >= 15 is 0 Å². The smallest absolute Gasteiger partial charge is 0.331 e. The lowest BCUT2D eigenvalue weighted by molar-refractivity contribution is -0.237. The Balaban J connectivity index is 1.30. The van der Waals surface area contributed by atoms with Crippen molar-refractivity contribution in [2.45, 2.75) is 88.4 Å². The van der Waals surface area contributed by atoms with Crippen LogP contribution in [0.5, 0.6) is 0 Å². The summed E-state index contributed by atoms with van der Waals surface area (Å²) >= 11 is 0. The molecule has 5 aliphatic rings. The molecule has 3 N–H and O–H groups in total. The van der Waals surface area contributed by atoms with Crippen LogP contribution in [0.15, 0.2) is 40.9 Å². The zero-order valence-electron chi connectivity index (χ0n) is 22.2. The molecule has 38 heavy (non-hydrogen) atoms. The summed E-state index contributed by atoms with van der Waals surface area (Å²) in [6, 6.07) is 6.48. The number of fused-ring (bicyclic) bond motifs is 5. The van der Waals surface area contributed by atoms with Gasteiger partial charge in [0.25, 0.3) is 0 Å². The van der Waals surface area contributed by atoms with Crippen LogP contribution in [0.1, 0.15) is 70.3 Å². The molecule has 6 rings (SSSR count). The van der Waals surface area contributed by atoms with Gasteiger partial charge in [-0.2, -0.15) is 0 Å². The van der Waals surface area contributed by atoms with Crippen molar-refractivity contribution in [3.8, 4) is 0 Å². The van der Waals surface area contributed by atoms with E-state index < -0.39 is 22.7 Å². The molecule has 1 aromatic rings. The second kappa shape index (κ2) is 9.24. The minimum Gasteiger partial charge on any atom is -0.458 e. The van der Waals surface area contributed by atoms with Gasteiger partial charge >= 0.3 is 5.97 Å². The Morgan fingerprint density at radius 1 is 1.05 bits per heavy atom. The van der Waals surface area contributed by atoms with Crippen molar-refractivity contribution in [1.82, 2.24) is 0 Å². The van der Waals surface area contributed by atoms with Gasteiger partial charge in [-0.3, -0.25) is 4.99 Å². The zero-order valence-corrected chi connectivity index (χ0v) is 22.2. The van der Waals surface area contributed by atoms with E-state index in [4.69, 9.17) is 9.73 Å². The molecule has 0 aromatic heterocycles. The van der Waals surface area contributed by atoms with Crippen LogP contribution in [0.25, 0.3) is 0 Å². The van der Waals surface area contributed by atoms with Crippen molar-refractivity contribution >= 4 is 12.2 Å². The fraction of sp³-hybridized carbons (Fsp3) is 0.677. The molecular formula is C31H40FNO5. The molecule has 0 saturated heterocycles. The number of aliphatic hydroxyl groups excluding tert-OH is 1. The third-order valence-electron chi connectivity index (χ3n) is 11.4. The minimum atomic E-state index is -1.05. The number of carbonyl (C=O) groups excluding carboxylic acids is 1. The molecule has 7 heteroatoms. The molecule has 6 nitrogen and oxygen atoms in total. The van der Waals surface area contributed by atoms with Crippen LogP contribution in [0.3, 0.4) is 0 Å². The number of halogens is 1. The topological polar surface area (TPSA) is 99.4 Å². The molecule has 0 radical (unpaired) electrons. The van der Waals surface area contributed by atoms with Crippen LogP contribution < -0.4 is 0 Å². The highest BCUT2D eigenvalue weighted by molar-refractivity contribution is 5.85. The monoisotopic (exact) mass is 525 g/mol. The Labute approximate surface area is 224 Å². The molecule has 4 saturated carbocycles. The highest BCUT2D eigenvalue weighted by atomic mass is 19.1. The molecule has 1 heterocycles. The van der Waals surface area contributed by atoms with E-state index in [2.05, 4.69) is 6.92 Å². The number of benzene rings is 1. The van der Waals surface area contributed by atoms with Crippen LogP contribution in [0.4, 0.5) is 4.39 Å². The maximum atomic E-state index is 13.3. The zero-order chi connectivity index (χ0) is 26.8. The Morgan fingerprint density at radius 2 is 1.82 bits per heavy atom. The first kappa shape index (κ1) is 26.1. The Hall–Kier alpha value is -2.09. The number of aliphatic hydroxyl groups is 3. The van der Waals surface area contributed by atoms with Crippen molar-refractivity contribution < 1.29 is 29.2 Å². The van der Waals surface area contributed by atoms with Gasteiger partial charge in [-0.05, 0) is 98.8 Å². The van der Waals surface area contributed by atoms with Crippen LogP contribution in [0, 0.1) is 34.4 Å². The summed E-state index contributed by atoms with van der Waals surface area (Å²) in [6.07, 6.45) is 9.80. The molecule has 0 amide bonds. The van der Waals surface area contributed by atoms with Crippen molar-refractivity contribution in [3.63, 3.8) is 0 Å². The number of rotatable bonds is 5. The van der Waals surface area contributed by atoms with E-state index in [0.717, 1.165) is 30.4 Å². The maximum absolute atomic E-state index is 13.3. The van der Waals surface area contributed by atoms with Crippen LogP contribution in [0.2, 0.25) is 0 Å². The predicted molar refractivity (Wildman–Crippen MR) is 141 cm³/mol. The van der Waals surface area contributed by atoms with E-state index in [9.17, 15) is 24.5 Å². The van der Waals surface area contributed by atoms with E-state index in [1.165, 1.54) is 12.1 Å². The van der Waals surface area contributed by atoms with Crippen molar-refractivity contribution in [1.29, 1.82) is 0 Å². The molecule has 1 aromatic carbocycles. The number of hydrogen-bond donors (Lipinski definition) is 3. The molecule has 0 bridgehead atoms. The first-order valence-electron chi connectivity index (χ1n) is 14.4. The lowest BCUT2D eigenvalue weighted by atomic mass is 9.41. The number of hydrogen-bond acceptors (Lipinski definition) is 6. The summed E-state index contributed by atoms with van der Waals surface area (Å²) in [5.74, 6) is -0.337. The number of cyclic esters (lactones) is 1. The van der Waals surface area contributed by atoms with E-state index in [1.807, 2.05) is 6.21 Å². The third-order valence-corrected chi connectivity index (χ3v) is 11.4. The van der Waals surface area contributed by atoms with Gasteiger partial charge in [-0.15, -0.1) is 0 Å². The average Bonchev–Trinajstić information content (AvgIpc) is 3.42. The Morgan fingerprint density at radius 3 is 2.55 bits per heavy atom. The van der Waals surface area contributed by atoms with Crippen LogP contribution in [-0.2, 0) is 16.0 Å². The molecular weight excluding hydrogens is 485 g/mol.